The van der Waals surface area contributed by atoms with E-state index in [9.17, 15) is 4.39 Å². The molecule has 0 aliphatic heterocycles. The molecule has 0 amide bonds. The predicted octanol–water partition coefficient (Wildman–Crippen LogP) is 4.88. The van der Waals surface area contributed by atoms with Crippen LogP contribution in [0.25, 0.3) is 22.4 Å². The summed E-state index contributed by atoms with van der Waals surface area (Å²) in [6.07, 6.45) is 4.31. The lowest BCUT2D eigenvalue weighted by molar-refractivity contribution is 0.572. The lowest BCUT2D eigenvalue weighted by Crippen LogP contribution is -2.38. The Morgan fingerprint density at radius 3 is 2.81 bits per heavy atom. The maximum Gasteiger partial charge on any atom is 0.226 e. The largest absolute Gasteiger partial charge is 0.444 e. The smallest absolute Gasteiger partial charge is 0.226 e. The van der Waals surface area contributed by atoms with Gasteiger partial charge in [0, 0.05) is 35.8 Å². The van der Waals surface area contributed by atoms with Gasteiger partial charge in [0.05, 0.1) is 6.54 Å². The van der Waals surface area contributed by atoms with Gasteiger partial charge in [-0.1, -0.05) is 18.2 Å². The van der Waals surface area contributed by atoms with Crippen LogP contribution in [0.1, 0.15) is 18.2 Å². The minimum atomic E-state index is -0.228. The van der Waals surface area contributed by atoms with Gasteiger partial charge in [0.15, 0.2) is 5.96 Å². The number of halogens is 2. The van der Waals surface area contributed by atoms with E-state index < -0.39 is 0 Å². The number of aliphatic imine (C=N–C) groups is 1. The van der Waals surface area contributed by atoms with E-state index in [0.29, 0.717) is 24.9 Å². The van der Waals surface area contributed by atoms with E-state index in [0.717, 1.165) is 40.7 Å². The van der Waals surface area contributed by atoms with Crippen molar-refractivity contribution in [2.75, 3.05) is 13.1 Å². The summed E-state index contributed by atoms with van der Waals surface area (Å²) in [6, 6.07) is 14.6. The Kier molecular flexibility index (Phi) is 8.05. The number of nitrogens with one attached hydrogen (secondary N) is 3. The van der Waals surface area contributed by atoms with Crippen LogP contribution in [0.3, 0.4) is 0 Å². The first-order chi connectivity index (χ1) is 14.7. The average Bonchev–Trinajstić information content (AvgIpc) is 3.40. The van der Waals surface area contributed by atoms with Gasteiger partial charge < -0.3 is 20.0 Å². The highest BCUT2D eigenvalue weighted by Crippen LogP contribution is 2.20. The van der Waals surface area contributed by atoms with Crippen LogP contribution in [-0.4, -0.2) is 29.0 Å². The Hall–Kier alpha value is -2.88. The molecule has 0 unspecified atom stereocenters. The number of nitrogens with zero attached hydrogens (tertiary/aromatic N) is 2. The molecule has 0 fully saturated rings. The van der Waals surface area contributed by atoms with Crippen molar-refractivity contribution in [3.8, 4) is 11.5 Å². The van der Waals surface area contributed by atoms with E-state index in [-0.39, 0.29) is 29.8 Å². The first-order valence-corrected chi connectivity index (χ1v) is 10.0. The van der Waals surface area contributed by atoms with E-state index in [1.807, 2.05) is 43.5 Å². The van der Waals surface area contributed by atoms with Crippen molar-refractivity contribution >= 4 is 40.8 Å². The molecular formula is C23H25FIN5O. The van der Waals surface area contributed by atoms with Crippen LogP contribution in [0.4, 0.5) is 4.39 Å². The Bertz CT molecular complexity index is 1140. The summed E-state index contributed by atoms with van der Waals surface area (Å²) in [5, 5.41) is 7.46. The summed E-state index contributed by atoms with van der Waals surface area (Å²) in [6.45, 7) is 3.84. The van der Waals surface area contributed by atoms with Crippen molar-refractivity contribution in [2.24, 2.45) is 4.99 Å². The van der Waals surface area contributed by atoms with Crippen molar-refractivity contribution in [1.82, 2.24) is 20.6 Å². The Morgan fingerprint density at radius 2 is 2.00 bits per heavy atom. The van der Waals surface area contributed by atoms with Gasteiger partial charge in [0.1, 0.15) is 17.8 Å². The monoisotopic (exact) mass is 533 g/mol. The topological polar surface area (TPSA) is 78.2 Å². The van der Waals surface area contributed by atoms with Gasteiger partial charge in [0.2, 0.25) is 5.89 Å². The fraction of sp³-hybridized carbons (Fsp3) is 0.217. The molecule has 162 valence electrons. The Morgan fingerprint density at radius 1 is 1.16 bits per heavy atom. The third-order valence-electron chi connectivity index (χ3n) is 4.73. The number of H-pyrrole nitrogens is 1. The van der Waals surface area contributed by atoms with Crippen molar-refractivity contribution in [3.05, 3.63) is 78.1 Å². The zero-order chi connectivity index (χ0) is 20.8. The van der Waals surface area contributed by atoms with Gasteiger partial charge in [-0.3, -0.25) is 0 Å². The molecule has 2 aromatic heterocycles. The zero-order valence-electron chi connectivity index (χ0n) is 17.2. The van der Waals surface area contributed by atoms with Crippen LogP contribution in [0.2, 0.25) is 0 Å². The van der Waals surface area contributed by atoms with Crippen molar-refractivity contribution in [3.63, 3.8) is 0 Å². The van der Waals surface area contributed by atoms with Crippen LogP contribution in [0.5, 0.6) is 0 Å². The number of guanidine groups is 1. The molecule has 2 heterocycles. The maximum absolute atomic E-state index is 13.5. The van der Waals surface area contributed by atoms with Crippen LogP contribution in [-0.2, 0) is 13.0 Å². The second kappa shape index (κ2) is 10.9. The van der Waals surface area contributed by atoms with Crippen LogP contribution >= 0.6 is 24.0 Å². The molecule has 0 spiro atoms. The van der Waals surface area contributed by atoms with Gasteiger partial charge >= 0.3 is 0 Å². The third kappa shape index (κ3) is 5.84. The number of oxazole rings is 1. The average molecular weight is 533 g/mol. The molecule has 0 radical (unpaired) electrons. The number of benzene rings is 2. The highest BCUT2D eigenvalue weighted by molar-refractivity contribution is 14.0. The summed E-state index contributed by atoms with van der Waals surface area (Å²) in [5.74, 6) is 1.06. The molecule has 0 saturated heterocycles. The minimum absolute atomic E-state index is 0. The van der Waals surface area contributed by atoms with Crippen LogP contribution in [0.15, 0.2) is 70.4 Å². The molecule has 6 nitrogen and oxygen atoms in total. The van der Waals surface area contributed by atoms with Crippen molar-refractivity contribution in [1.29, 1.82) is 0 Å². The summed E-state index contributed by atoms with van der Waals surface area (Å²) in [7, 11) is 0. The van der Waals surface area contributed by atoms with Gasteiger partial charge in [-0.25, -0.2) is 14.4 Å². The van der Waals surface area contributed by atoms with E-state index in [4.69, 9.17) is 4.42 Å². The molecule has 31 heavy (non-hydrogen) atoms. The molecule has 0 bridgehead atoms. The SMILES string of the molecule is CCNC(=NCc1coc(-c2ccccc2)n1)NCCc1c[nH]c2ccc(F)cc12.I. The van der Waals surface area contributed by atoms with Gasteiger partial charge in [-0.05, 0) is 49.2 Å². The molecule has 0 atom stereocenters. The number of rotatable bonds is 7. The second-order valence-electron chi connectivity index (χ2n) is 6.89. The molecule has 8 heteroatoms. The molecule has 0 aliphatic carbocycles. The first-order valence-electron chi connectivity index (χ1n) is 10.0. The predicted molar refractivity (Wildman–Crippen MR) is 132 cm³/mol. The van der Waals surface area contributed by atoms with Crippen LogP contribution < -0.4 is 10.6 Å². The van der Waals surface area contributed by atoms with Gasteiger partial charge in [0.25, 0.3) is 0 Å². The first kappa shape index (κ1) is 22.8. The molecule has 0 aliphatic rings. The molecular weight excluding hydrogens is 508 g/mol. The lowest BCUT2D eigenvalue weighted by Gasteiger charge is -2.10. The summed E-state index contributed by atoms with van der Waals surface area (Å²) in [4.78, 5) is 12.3. The molecule has 2 aromatic carbocycles. The summed E-state index contributed by atoms with van der Waals surface area (Å²) >= 11 is 0. The second-order valence-corrected chi connectivity index (χ2v) is 6.89. The summed E-state index contributed by atoms with van der Waals surface area (Å²) in [5.41, 5.74) is 3.70. The highest BCUT2D eigenvalue weighted by atomic mass is 127. The zero-order valence-corrected chi connectivity index (χ0v) is 19.5. The maximum atomic E-state index is 13.5. The van der Waals surface area contributed by atoms with Gasteiger partial charge in [-0.15, -0.1) is 24.0 Å². The standard InChI is InChI=1S/C23H24FN5O.HI/c1-2-25-23(26-11-10-17-13-27-21-9-8-18(24)12-20(17)21)28-14-19-15-30-22(29-19)16-6-4-3-5-7-16;/h3-9,12-13,15,27H,2,10-11,14H2,1H3,(H2,25,26,28);1H. The number of aromatic amines is 1. The number of fused-ring (bicyclic) bond motifs is 1. The van der Waals surface area contributed by atoms with E-state index in [1.165, 1.54) is 6.07 Å². The molecule has 4 aromatic rings. The highest BCUT2D eigenvalue weighted by Gasteiger charge is 2.08. The quantitative estimate of drug-likeness (QED) is 0.180. The molecule has 4 rings (SSSR count). The molecule has 0 saturated carbocycles. The Balaban J connectivity index is 0.00000272. The lowest BCUT2D eigenvalue weighted by atomic mass is 10.1. The molecule has 3 N–H and O–H groups in total. The van der Waals surface area contributed by atoms with Crippen LogP contribution in [0, 0.1) is 5.82 Å². The fourth-order valence-electron chi connectivity index (χ4n) is 3.27. The number of hydrogen-bond donors (Lipinski definition) is 3. The fourth-order valence-corrected chi connectivity index (χ4v) is 3.27. The van der Waals surface area contributed by atoms with Gasteiger partial charge in [-0.2, -0.15) is 0 Å². The normalized spacial score (nSPS) is 11.4. The van der Waals surface area contributed by atoms with E-state index in [2.05, 4.69) is 25.6 Å². The van der Waals surface area contributed by atoms with E-state index >= 15 is 0 Å². The van der Waals surface area contributed by atoms with Crippen molar-refractivity contribution < 1.29 is 8.81 Å². The number of aromatic nitrogens is 2. The van der Waals surface area contributed by atoms with Crippen molar-refractivity contribution in [2.45, 2.75) is 19.9 Å². The minimum Gasteiger partial charge on any atom is -0.444 e. The Labute approximate surface area is 197 Å². The summed E-state index contributed by atoms with van der Waals surface area (Å²) < 4.78 is 19.1. The van der Waals surface area contributed by atoms with E-state index in [1.54, 1.807) is 18.4 Å². The third-order valence-corrected chi connectivity index (χ3v) is 4.73. The number of hydrogen-bond acceptors (Lipinski definition) is 3.